The molecular weight excluding hydrogens is 684 g/mol. The van der Waals surface area contributed by atoms with Crippen LogP contribution >= 0.6 is 0 Å². The van der Waals surface area contributed by atoms with E-state index in [4.69, 9.17) is 33.2 Å². The van der Waals surface area contributed by atoms with E-state index in [-0.39, 0.29) is 29.7 Å². The predicted octanol–water partition coefficient (Wildman–Crippen LogP) is -2.27. The SMILES string of the molecule is C/C=C1\[C@H](O[C@@H]2O[C@H](CO)[C@@H](O)[C@H](O)[C@H]2O)OC=C(C(=O)OC)[C@H]1CC(=O)OC/C=C(\C)CC/C=C(\C)C(=O)O[C@@H]1O[C@H](CO)[C@@H](O)[C@H](O)[C@H]1O. The lowest BCUT2D eigenvalue weighted by Crippen LogP contribution is -2.60. The van der Waals surface area contributed by atoms with Gasteiger partial charge in [-0.2, -0.15) is 0 Å². The molecule has 0 aromatic carbocycles. The van der Waals surface area contributed by atoms with Crippen LogP contribution in [0.15, 0.2) is 46.8 Å². The van der Waals surface area contributed by atoms with Gasteiger partial charge in [0.25, 0.3) is 0 Å². The average molecular weight is 733 g/mol. The quantitative estimate of drug-likeness (QED) is 0.0404. The lowest BCUT2D eigenvalue weighted by molar-refractivity contribution is -0.327. The Morgan fingerprint density at radius 3 is 2.00 bits per heavy atom. The molecule has 51 heavy (non-hydrogen) atoms. The van der Waals surface area contributed by atoms with Gasteiger partial charge < -0.3 is 74.0 Å². The Balaban J connectivity index is 1.55. The molecule has 2 fully saturated rings. The normalized spacial score (nSPS) is 35.5. The Kier molecular flexibility index (Phi) is 16.1. The predicted molar refractivity (Wildman–Crippen MR) is 169 cm³/mol. The number of ether oxygens (including phenoxy) is 7. The lowest BCUT2D eigenvalue weighted by Gasteiger charge is -2.41. The average Bonchev–Trinajstić information content (AvgIpc) is 3.11. The van der Waals surface area contributed by atoms with E-state index < -0.39 is 105 Å². The highest BCUT2D eigenvalue weighted by molar-refractivity contribution is 5.90. The summed E-state index contributed by atoms with van der Waals surface area (Å²) in [5.41, 5.74) is 1.23. The molecule has 3 rings (SSSR count). The van der Waals surface area contributed by atoms with Crippen molar-refractivity contribution < 1.29 is 88.4 Å². The highest BCUT2D eigenvalue weighted by Crippen LogP contribution is 2.36. The van der Waals surface area contributed by atoms with Crippen molar-refractivity contribution >= 4 is 17.9 Å². The summed E-state index contributed by atoms with van der Waals surface area (Å²) in [4.78, 5) is 38.0. The number of esters is 3. The van der Waals surface area contributed by atoms with Crippen LogP contribution in [-0.4, -0.2) is 153 Å². The van der Waals surface area contributed by atoms with Gasteiger partial charge in [0.15, 0.2) is 6.29 Å². The number of aliphatic hydroxyl groups is 8. The van der Waals surface area contributed by atoms with Crippen molar-refractivity contribution in [3.8, 4) is 0 Å². The molecule has 3 heterocycles. The maximum atomic E-state index is 12.9. The molecule has 0 radical (unpaired) electrons. The number of allylic oxidation sites excluding steroid dienone is 3. The fraction of sp³-hybridized carbons (Fsp3) is 0.667. The molecule has 18 heteroatoms. The number of rotatable bonds is 14. The molecule has 8 N–H and O–H groups in total. The summed E-state index contributed by atoms with van der Waals surface area (Å²) < 4.78 is 37.2. The largest absolute Gasteiger partial charge is 0.468 e. The third-order valence-corrected chi connectivity index (χ3v) is 8.66. The van der Waals surface area contributed by atoms with Crippen LogP contribution in [0.3, 0.4) is 0 Å². The standard InChI is InChI=1S/C33H48O18/c1-5-17-18(19(30(44)45-4)14-47-31(17)51-33-28(42)26(40)24(38)21(13-35)49-33)11-22(36)46-10-9-15(2)7-6-8-16(3)29(43)50-32-27(41)25(39)23(37)20(12-34)48-32/h5,8-9,14,18,20-21,23-28,31-35,37-42H,6-7,10-13H2,1-4H3/b15-9+,16-8+,17-5-/t18-,20+,21+,23+,24+,25-,26-,27+,28+,31-,32-,33-/m0/s1. The van der Waals surface area contributed by atoms with Crippen molar-refractivity contribution in [2.45, 2.75) is 108 Å². The topological polar surface area (TPSA) is 278 Å². The van der Waals surface area contributed by atoms with Gasteiger partial charge in [-0.1, -0.05) is 17.7 Å². The van der Waals surface area contributed by atoms with Gasteiger partial charge in [0, 0.05) is 17.1 Å². The van der Waals surface area contributed by atoms with E-state index in [0.29, 0.717) is 12.8 Å². The maximum Gasteiger partial charge on any atom is 0.337 e. The van der Waals surface area contributed by atoms with Gasteiger partial charge in [0.05, 0.1) is 38.6 Å². The molecule has 0 aromatic heterocycles. The minimum Gasteiger partial charge on any atom is -0.468 e. The number of carbonyl (C=O) groups excluding carboxylic acids is 3. The lowest BCUT2D eigenvalue weighted by atomic mass is 9.86. The Morgan fingerprint density at radius 2 is 1.43 bits per heavy atom. The zero-order valence-electron chi connectivity index (χ0n) is 28.6. The van der Waals surface area contributed by atoms with Crippen LogP contribution in [-0.2, 0) is 47.5 Å². The second-order valence-corrected chi connectivity index (χ2v) is 12.2. The van der Waals surface area contributed by atoms with Crippen LogP contribution in [0.4, 0.5) is 0 Å². The van der Waals surface area contributed by atoms with Crippen molar-refractivity contribution in [1.29, 1.82) is 0 Å². The summed E-state index contributed by atoms with van der Waals surface area (Å²) in [7, 11) is 1.15. The first-order valence-corrected chi connectivity index (χ1v) is 16.2. The van der Waals surface area contributed by atoms with Gasteiger partial charge in [0.2, 0.25) is 12.6 Å². The van der Waals surface area contributed by atoms with Crippen LogP contribution in [0.2, 0.25) is 0 Å². The second-order valence-electron chi connectivity index (χ2n) is 12.2. The van der Waals surface area contributed by atoms with Crippen molar-refractivity contribution in [3.63, 3.8) is 0 Å². The number of hydrogen-bond acceptors (Lipinski definition) is 18. The summed E-state index contributed by atoms with van der Waals surface area (Å²) in [5.74, 6) is -3.27. The molecular formula is C33H48O18. The van der Waals surface area contributed by atoms with Crippen molar-refractivity contribution in [2.24, 2.45) is 5.92 Å². The fourth-order valence-electron chi connectivity index (χ4n) is 5.49. The van der Waals surface area contributed by atoms with Crippen LogP contribution in [0.25, 0.3) is 0 Å². The van der Waals surface area contributed by atoms with E-state index in [1.807, 2.05) is 0 Å². The Hall–Kier alpha value is -3.27. The minimum atomic E-state index is -1.72. The highest BCUT2D eigenvalue weighted by Gasteiger charge is 2.47. The Bertz CT molecular complexity index is 1320. The van der Waals surface area contributed by atoms with Gasteiger partial charge >= 0.3 is 17.9 Å². The molecule has 0 aromatic rings. The van der Waals surface area contributed by atoms with Gasteiger partial charge in [-0.15, -0.1) is 0 Å². The summed E-state index contributed by atoms with van der Waals surface area (Å²) in [6, 6.07) is 0. The molecule has 0 saturated carbocycles. The summed E-state index contributed by atoms with van der Waals surface area (Å²) in [6.45, 7) is 3.37. The molecule has 0 amide bonds. The van der Waals surface area contributed by atoms with Gasteiger partial charge in [-0.25, -0.2) is 9.59 Å². The Morgan fingerprint density at radius 1 is 0.843 bits per heavy atom. The summed E-state index contributed by atoms with van der Waals surface area (Å²) in [5, 5.41) is 79.2. The molecule has 3 aliphatic heterocycles. The molecule has 12 atom stereocenters. The van der Waals surface area contributed by atoms with E-state index in [1.54, 1.807) is 26.0 Å². The first-order chi connectivity index (χ1) is 24.2. The van der Waals surface area contributed by atoms with Gasteiger partial charge in [-0.3, -0.25) is 4.79 Å². The van der Waals surface area contributed by atoms with Crippen molar-refractivity contribution in [2.75, 3.05) is 26.9 Å². The van der Waals surface area contributed by atoms with Crippen LogP contribution in [0.5, 0.6) is 0 Å². The fourth-order valence-corrected chi connectivity index (χ4v) is 5.49. The Labute approximate surface area is 293 Å². The molecule has 0 spiro atoms. The molecule has 3 aliphatic rings. The van der Waals surface area contributed by atoms with Crippen LogP contribution in [0.1, 0.15) is 40.0 Å². The summed E-state index contributed by atoms with van der Waals surface area (Å²) >= 11 is 0. The monoisotopic (exact) mass is 732 g/mol. The van der Waals surface area contributed by atoms with Crippen LogP contribution < -0.4 is 0 Å². The molecule has 0 unspecified atom stereocenters. The summed E-state index contributed by atoms with van der Waals surface area (Å²) in [6.07, 6.45) is -10.7. The van der Waals surface area contributed by atoms with Crippen molar-refractivity contribution in [3.05, 3.63) is 46.8 Å². The number of methoxy groups -OCH3 is 1. The zero-order chi connectivity index (χ0) is 38.0. The molecule has 2 saturated heterocycles. The first-order valence-electron chi connectivity index (χ1n) is 16.2. The van der Waals surface area contributed by atoms with E-state index in [0.717, 1.165) is 18.9 Å². The number of hydrogen-bond donors (Lipinski definition) is 8. The van der Waals surface area contributed by atoms with Gasteiger partial charge in [-0.05, 0) is 39.7 Å². The van der Waals surface area contributed by atoms with E-state index in [1.165, 1.54) is 13.0 Å². The maximum absolute atomic E-state index is 12.9. The van der Waals surface area contributed by atoms with E-state index >= 15 is 0 Å². The van der Waals surface area contributed by atoms with Gasteiger partial charge in [0.1, 0.15) is 55.4 Å². The third kappa shape index (κ3) is 10.6. The number of aliphatic hydroxyl groups excluding tert-OH is 8. The highest BCUT2D eigenvalue weighted by atomic mass is 16.8. The number of carbonyl (C=O) groups is 3. The molecule has 288 valence electrons. The molecule has 0 bridgehead atoms. The molecule has 18 nitrogen and oxygen atoms in total. The minimum absolute atomic E-state index is 0.0184. The zero-order valence-corrected chi connectivity index (χ0v) is 28.6. The van der Waals surface area contributed by atoms with Crippen molar-refractivity contribution in [1.82, 2.24) is 0 Å². The van der Waals surface area contributed by atoms with E-state index in [9.17, 15) is 55.2 Å². The second kappa shape index (κ2) is 19.5. The third-order valence-electron chi connectivity index (χ3n) is 8.66. The molecule has 0 aliphatic carbocycles. The first kappa shape index (κ1) is 42.1. The van der Waals surface area contributed by atoms with Crippen LogP contribution in [0, 0.1) is 5.92 Å². The smallest absolute Gasteiger partial charge is 0.337 e. The van der Waals surface area contributed by atoms with E-state index in [2.05, 4.69) is 0 Å².